The smallest absolute Gasteiger partial charge is 0.316 e. The van der Waals surface area contributed by atoms with Gasteiger partial charge in [0.1, 0.15) is 5.82 Å². The predicted octanol–water partition coefficient (Wildman–Crippen LogP) is 3.34. The fourth-order valence-corrected chi connectivity index (χ4v) is 3.44. The van der Waals surface area contributed by atoms with Gasteiger partial charge in [0.05, 0.1) is 5.69 Å². The fourth-order valence-electron chi connectivity index (χ4n) is 3.21. The van der Waals surface area contributed by atoms with Gasteiger partial charge in [-0.2, -0.15) is 0 Å². The number of nitrogens with one attached hydrogen (secondary N) is 1. The van der Waals surface area contributed by atoms with Gasteiger partial charge in [-0.3, -0.25) is 9.59 Å². The van der Waals surface area contributed by atoms with Gasteiger partial charge < -0.3 is 14.8 Å². The summed E-state index contributed by atoms with van der Waals surface area (Å²) in [6.07, 6.45) is 1.80. The van der Waals surface area contributed by atoms with E-state index in [1.54, 1.807) is 6.20 Å². The molecule has 1 N–H and O–H groups in total. The van der Waals surface area contributed by atoms with Crippen LogP contribution in [0.5, 0.6) is 0 Å². The number of nitrogens with zero attached hydrogens (tertiary/aromatic N) is 2. The summed E-state index contributed by atoms with van der Waals surface area (Å²) >= 11 is 6.03. The number of rotatable bonds is 3. The first kappa shape index (κ1) is 16.6. The van der Waals surface area contributed by atoms with Crippen molar-refractivity contribution in [2.45, 2.75) is 6.54 Å². The largest absolute Gasteiger partial charge is 0.361 e. The lowest BCUT2D eigenvalue weighted by molar-refractivity contribution is -0.146. The van der Waals surface area contributed by atoms with Gasteiger partial charge in [-0.25, -0.2) is 4.39 Å². The van der Waals surface area contributed by atoms with Crippen LogP contribution in [-0.2, 0) is 16.1 Å². The van der Waals surface area contributed by atoms with Crippen molar-refractivity contribution in [1.82, 2.24) is 9.88 Å². The molecule has 0 spiro atoms. The maximum atomic E-state index is 13.2. The Labute approximate surface area is 154 Å². The van der Waals surface area contributed by atoms with E-state index in [1.807, 2.05) is 24.3 Å². The Morgan fingerprint density at radius 2 is 1.92 bits per heavy atom. The van der Waals surface area contributed by atoms with E-state index < -0.39 is 17.6 Å². The summed E-state index contributed by atoms with van der Waals surface area (Å²) in [5, 5.41) is 1.13. The van der Waals surface area contributed by atoms with Crippen LogP contribution in [0.3, 0.4) is 0 Å². The first-order valence-corrected chi connectivity index (χ1v) is 8.53. The number of carbonyl (C=O) groups is 2. The number of carbonyl (C=O) groups excluding carboxylic acids is 2. The minimum absolute atomic E-state index is 0.173. The van der Waals surface area contributed by atoms with Crippen molar-refractivity contribution in [1.29, 1.82) is 0 Å². The van der Waals surface area contributed by atoms with Gasteiger partial charge in [-0.15, -0.1) is 0 Å². The monoisotopic (exact) mass is 371 g/mol. The number of H-pyrrole nitrogens is 1. The number of hydrogen-bond donors (Lipinski definition) is 1. The quantitative estimate of drug-likeness (QED) is 0.718. The van der Waals surface area contributed by atoms with Gasteiger partial charge >= 0.3 is 11.8 Å². The molecule has 0 unspecified atom stereocenters. The van der Waals surface area contributed by atoms with Crippen molar-refractivity contribution in [3.05, 3.63) is 65.1 Å². The zero-order valence-electron chi connectivity index (χ0n) is 13.7. The molecule has 2 heterocycles. The highest BCUT2D eigenvalue weighted by atomic mass is 35.5. The summed E-state index contributed by atoms with van der Waals surface area (Å²) in [4.78, 5) is 31.3. The molecule has 1 aromatic heterocycles. The van der Waals surface area contributed by atoms with Gasteiger partial charge in [0.25, 0.3) is 0 Å². The van der Waals surface area contributed by atoms with Gasteiger partial charge in [0, 0.05) is 41.8 Å². The number of piperazine rings is 1. The fraction of sp³-hybridized carbons (Fsp3) is 0.158. The zero-order chi connectivity index (χ0) is 18.3. The molecule has 1 fully saturated rings. The van der Waals surface area contributed by atoms with Crippen LogP contribution in [0.1, 0.15) is 5.56 Å². The van der Waals surface area contributed by atoms with Crippen LogP contribution >= 0.6 is 11.6 Å². The van der Waals surface area contributed by atoms with Gasteiger partial charge in [0.2, 0.25) is 0 Å². The zero-order valence-corrected chi connectivity index (χ0v) is 14.5. The predicted molar refractivity (Wildman–Crippen MR) is 97.5 cm³/mol. The van der Waals surface area contributed by atoms with Crippen molar-refractivity contribution in [2.24, 2.45) is 0 Å². The molecule has 1 aliphatic heterocycles. The molecule has 2 aromatic carbocycles. The minimum atomic E-state index is -0.593. The van der Waals surface area contributed by atoms with E-state index in [-0.39, 0.29) is 11.6 Å². The number of aromatic amines is 1. The van der Waals surface area contributed by atoms with Crippen LogP contribution in [0.4, 0.5) is 10.1 Å². The third-order valence-electron chi connectivity index (χ3n) is 4.55. The molecule has 1 saturated heterocycles. The lowest BCUT2D eigenvalue weighted by atomic mass is 10.1. The molecule has 26 heavy (non-hydrogen) atoms. The molecule has 0 aliphatic carbocycles. The maximum absolute atomic E-state index is 13.2. The number of halogens is 2. The molecule has 2 amide bonds. The van der Waals surface area contributed by atoms with E-state index in [4.69, 9.17) is 11.6 Å². The van der Waals surface area contributed by atoms with E-state index in [2.05, 4.69) is 4.98 Å². The van der Waals surface area contributed by atoms with Crippen molar-refractivity contribution >= 4 is 40.0 Å². The average molecular weight is 372 g/mol. The van der Waals surface area contributed by atoms with E-state index >= 15 is 0 Å². The molecule has 5 nitrogen and oxygen atoms in total. The maximum Gasteiger partial charge on any atom is 0.316 e. The molecule has 4 rings (SSSR count). The Balaban J connectivity index is 1.57. The Morgan fingerprint density at radius 1 is 1.08 bits per heavy atom. The highest BCUT2D eigenvalue weighted by Gasteiger charge is 2.34. The normalized spacial score (nSPS) is 15.2. The minimum Gasteiger partial charge on any atom is -0.361 e. The van der Waals surface area contributed by atoms with Crippen LogP contribution in [0.2, 0.25) is 5.02 Å². The average Bonchev–Trinajstić information content (AvgIpc) is 3.10. The lowest BCUT2D eigenvalue weighted by Gasteiger charge is -2.34. The number of fused-ring (bicyclic) bond motifs is 1. The summed E-state index contributed by atoms with van der Waals surface area (Å²) in [5.74, 6) is -1.61. The van der Waals surface area contributed by atoms with E-state index in [0.717, 1.165) is 10.9 Å². The van der Waals surface area contributed by atoms with E-state index in [0.29, 0.717) is 24.3 Å². The molecule has 132 valence electrons. The number of aromatic nitrogens is 1. The van der Waals surface area contributed by atoms with E-state index in [9.17, 15) is 14.0 Å². The van der Waals surface area contributed by atoms with Crippen molar-refractivity contribution in [3.63, 3.8) is 0 Å². The third-order valence-corrected chi connectivity index (χ3v) is 4.90. The number of benzene rings is 2. The van der Waals surface area contributed by atoms with Crippen LogP contribution in [0.15, 0.2) is 48.7 Å². The topological polar surface area (TPSA) is 56.4 Å². The number of hydrogen-bond acceptors (Lipinski definition) is 2. The summed E-state index contributed by atoms with van der Waals surface area (Å²) in [7, 11) is 0. The Bertz CT molecular complexity index is 1020. The molecule has 0 atom stereocenters. The molecule has 7 heteroatoms. The summed E-state index contributed by atoms with van der Waals surface area (Å²) in [6, 6.07) is 11.5. The summed E-state index contributed by atoms with van der Waals surface area (Å²) < 4.78 is 13.2. The first-order chi connectivity index (χ1) is 12.5. The highest BCUT2D eigenvalue weighted by Crippen LogP contribution is 2.28. The van der Waals surface area contributed by atoms with Crippen LogP contribution in [0.25, 0.3) is 10.9 Å². The lowest BCUT2D eigenvalue weighted by Crippen LogP contribution is -2.54. The Morgan fingerprint density at radius 3 is 2.73 bits per heavy atom. The summed E-state index contributed by atoms with van der Waals surface area (Å²) in [5.41, 5.74) is 2.22. The molecule has 0 radical (unpaired) electrons. The first-order valence-electron chi connectivity index (χ1n) is 8.15. The molecular weight excluding hydrogens is 357 g/mol. The van der Waals surface area contributed by atoms with Gasteiger partial charge in [-0.1, -0.05) is 23.7 Å². The SMILES string of the molecule is O=C1C(=O)N(c2cccc3[nH]ccc23)CCN1Cc1ccc(F)cc1Cl. The molecular formula is C19H15ClFN3O2. The summed E-state index contributed by atoms with van der Waals surface area (Å²) in [6.45, 7) is 0.929. The third kappa shape index (κ3) is 2.82. The molecule has 1 aliphatic rings. The molecule has 3 aromatic rings. The molecule has 0 saturated carbocycles. The van der Waals surface area contributed by atoms with Crippen LogP contribution < -0.4 is 4.90 Å². The highest BCUT2D eigenvalue weighted by molar-refractivity contribution is 6.41. The second kappa shape index (κ2) is 6.46. The van der Waals surface area contributed by atoms with Gasteiger partial charge in [0.15, 0.2) is 0 Å². The standard InChI is InChI=1S/C19H15ClFN3O2/c20-15-10-13(21)5-4-12(15)11-23-8-9-24(19(26)18(23)25)17-3-1-2-16-14(17)6-7-22-16/h1-7,10,22H,8-9,11H2. The molecule has 0 bridgehead atoms. The second-order valence-electron chi connectivity index (χ2n) is 6.14. The Hall–Kier alpha value is -2.86. The number of anilines is 1. The van der Waals surface area contributed by atoms with E-state index in [1.165, 1.54) is 28.0 Å². The van der Waals surface area contributed by atoms with Gasteiger partial charge in [-0.05, 0) is 35.9 Å². The Kier molecular flexibility index (Phi) is 4.12. The van der Waals surface area contributed by atoms with Crippen molar-refractivity contribution < 1.29 is 14.0 Å². The van der Waals surface area contributed by atoms with Crippen LogP contribution in [-0.4, -0.2) is 34.8 Å². The number of amides is 2. The second-order valence-corrected chi connectivity index (χ2v) is 6.54. The van der Waals surface area contributed by atoms with Crippen molar-refractivity contribution in [2.75, 3.05) is 18.0 Å². The van der Waals surface area contributed by atoms with Crippen LogP contribution in [0, 0.1) is 5.82 Å². The van der Waals surface area contributed by atoms with Crippen molar-refractivity contribution in [3.8, 4) is 0 Å².